The van der Waals surface area contributed by atoms with E-state index in [2.05, 4.69) is 5.32 Å². The van der Waals surface area contributed by atoms with Crippen molar-refractivity contribution in [1.29, 1.82) is 0 Å². The van der Waals surface area contributed by atoms with Gasteiger partial charge in [0.25, 0.3) is 0 Å². The van der Waals surface area contributed by atoms with E-state index in [4.69, 9.17) is 5.11 Å². The minimum Gasteiger partial charge on any atom is -0.481 e. The van der Waals surface area contributed by atoms with E-state index < -0.39 is 27.9 Å². The number of nitrogens with one attached hydrogen (secondary N) is 1. The predicted molar refractivity (Wildman–Crippen MR) is 67.2 cm³/mol. The Kier molecular flexibility index (Phi) is 7.03. The lowest BCUT2D eigenvalue weighted by atomic mass is 10.2. The first-order valence-corrected chi connectivity index (χ1v) is 7.08. The number of carboxylic acid groups (broad SMARTS) is 1. The maximum absolute atomic E-state index is 11.8. The lowest BCUT2D eigenvalue weighted by molar-refractivity contribution is -0.140. The first-order chi connectivity index (χ1) is 7.79. The molecular formula is C11H21NO4S. The highest BCUT2D eigenvalue weighted by Crippen LogP contribution is 2.05. The Bertz CT molecular complexity index is 306. The van der Waals surface area contributed by atoms with Gasteiger partial charge >= 0.3 is 5.97 Å². The van der Waals surface area contributed by atoms with Gasteiger partial charge in [-0.1, -0.05) is 13.8 Å². The van der Waals surface area contributed by atoms with Gasteiger partial charge in [-0.3, -0.25) is 13.8 Å². The van der Waals surface area contributed by atoms with Crippen molar-refractivity contribution < 1.29 is 18.9 Å². The van der Waals surface area contributed by atoms with E-state index in [1.165, 1.54) is 6.92 Å². The smallest absolute Gasteiger partial charge is 0.307 e. The summed E-state index contributed by atoms with van der Waals surface area (Å²) in [6.45, 7) is 6.86. The van der Waals surface area contributed by atoms with Crippen LogP contribution in [0.5, 0.6) is 0 Å². The van der Waals surface area contributed by atoms with E-state index in [9.17, 15) is 13.8 Å². The lowest BCUT2D eigenvalue weighted by Crippen LogP contribution is -2.41. The van der Waals surface area contributed by atoms with Crippen molar-refractivity contribution in [2.45, 2.75) is 45.4 Å². The van der Waals surface area contributed by atoms with Gasteiger partial charge in [-0.25, -0.2) is 0 Å². The highest BCUT2D eigenvalue weighted by atomic mass is 32.2. The van der Waals surface area contributed by atoms with E-state index in [1.807, 2.05) is 13.8 Å². The summed E-state index contributed by atoms with van der Waals surface area (Å²) in [6, 6.07) is 0.0406. The van der Waals surface area contributed by atoms with Crippen LogP contribution in [-0.4, -0.2) is 38.2 Å². The number of hydrogen-bond donors (Lipinski definition) is 2. The van der Waals surface area contributed by atoms with Crippen molar-refractivity contribution >= 4 is 22.7 Å². The zero-order valence-electron chi connectivity index (χ0n) is 10.7. The summed E-state index contributed by atoms with van der Waals surface area (Å²) in [4.78, 5) is 22.3. The lowest BCUT2D eigenvalue weighted by Gasteiger charge is -2.16. The largest absolute Gasteiger partial charge is 0.481 e. The van der Waals surface area contributed by atoms with Crippen LogP contribution in [0.3, 0.4) is 0 Å². The SMILES string of the molecule is CCC(C)NC(=O)C(C)S(=O)CC(C)C(=O)O. The molecular weight excluding hydrogens is 242 g/mol. The molecule has 1 amide bonds. The van der Waals surface area contributed by atoms with Gasteiger partial charge in [-0.05, 0) is 20.3 Å². The first kappa shape index (κ1) is 16.1. The molecule has 0 aliphatic rings. The van der Waals surface area contributed by atoms with E-state index in [0.717, 1.165) is 6.42 Å². The molecule has 0 heterocycles. The summed E-state index contributed by atoms with van der Waals surface area (Å²) in [6.07, 6.45) is 0.802. The van der Waals surface area contributed by atoms with Crippen LogP contribution in [0.25, 0.3) is 0 Å². The topological polar surface area (TPSA) is 83.5 Å². The van der Waals surface area contributed by atoms with Crippen molar-refractivity contribution in [2.24, 2.45) is 5.92 Å². The van der Waals surface area contributed by atoms with Crippen LogP contribution < -0.4 is 5.32 Å². The van der Waals surface area contributed by atoms with Gasteiger partial charge in [0.05, 0.1) is 5.92 Å². The molecule has 0 fully saturated rings. The predicted octanol–water partition coefficient (Wildman–Crippen LogP) is 0.759. The maximum atomic E-state index is 11.8. The van der Waals surface area contributed by atoms with Gasteiger partial charge in [0.2, 0.25) is 5.91 Å². The molecule has 6 heteroatoms. The first-order valence-electron chi connectivity index (χ1n) is 5.69. The van der Waals surface area contributed by atoms with Crippen molar-refractivity contribution in [3.05, 3.63) is 0 Å². The third-order valence-corrected chi connectivity index (χ3v) is 4.43. The molecule has 0 aromatic rings. The summed E-state index contributed by atoms with van der Waals surface area (Å²) in [5.74, 6) is -1.97. The molecule has 0 saturated heterocycles. The Morgan fingerprint density at radius 3 is 2.24 bits per heavy atom. The highest BCUT2D eigenvalue weighted by molar-refractivity contribution is 7.86. The molecule has 17 heavy (non-hydrogen) atoms. The Morgan fingerprint density at radius 1 is 1.29 bits per heavy atom. The summed E-state index contributed by atoms with van der Waals surface area (Å²) in [7, 11) is -1.46. The van der Waals surface area contributed by atoms with Gasteiger partial charge < -0.3 is 10.4 Å². The molecule has 0 aliphatic heterocycles. The Morgan fingerprint density at radius 2 is 1.82 bits per heavy atom. The second-order valence-corrected chi connectivity index (χ2v) is 6.05. The van der Waals surface area contributed by atoms with E-state index in [-0.39, 0.29) is 17.7 Å². The molecule has 100 valence electrons. The minimum atomic E-state index is -1.46. The molecule has 0 aromatic heterocycles. The Hall–Kier alpha value is -0.910. The zero-order chi connectivity index (χ0) is 13.6. The molecule has 4 unspecified atom stereocenters. The molecule has 0 bridgehead atoms. The number of amides is 1. The molecule has 0 spiro atoms. The van der Waals surface area contributed by atoms with E-state index in [1.54, 1.807) is 6.92 Å². The number of carbonyl (C=O) groups excluding carboxylic acids is 1. The summed E-state index contributed by atoms with van der Waals surface area (Å²) in [5.41, 5.74) is 0. The van der Waals surface area contributed by atoms with Gasteiger partial charge in [0.1, 0.15) is 5.25 Å². The second-order valence-electron chi connectivity index (χ2n) is 4.25. The van der Waals surface area contributed by atoms with Gasteiger partial charge in [-0.15, -0.1) is 0 Å². The average Bonchev–Trinajstić information content (AvgIpc) is 2.27. The average molecular weight is 263 g/mol. The Labute approximate surface area is 104 Å². The van der Waals surface area contributed by atoms with Crippen LogP contribution in [-0.2, 0) is 20.4 Å². The minimum absolute atomic E-state index is 0.00439. The van der Waals surface area contributed by atoms with Crippen LogP contribution in [0.4, 0.5) is 0 Å². The fraction of sp³-hybridized carbons (Fsp3) is 0.818. The third-order valence-electron chi connectivity index (χ3n) is 2.60. The molecule has 0 radical (unpaired) electrons. The molecule has 5 nitrogen and oxygen atoms in total. The van der Waals surface area contributed by atoms with Crippen LogP contribution in [0.2, 0.25) is 0 Å². The molecule has 4 atom stereocenters. The van der Waals surface area contributed by atoms with E-state index in [0.29, 0.717) is 0 Å². The van der Waals surface area contributed by atoms with Gasteiger partial charge in [0, 0.05) is 22.6 Å². The number of rotatable bonds is 7. The molecule has 0 saturated carbocycles. The fourth-order valence-corrected chi connectivity index (χ4v) is 2.27. The van der Waals surface area contributed by atoms with Crippen LogP contribution in [0, 0.1) is 5.92 Å². The number of aliphatic carboxylic acids is 1. The van der Waals surface area contributed by atoms with Crippen molar-refractivity contribution in [2.75, 3.05) is 5.75 Å². The molecule has 0 rings (SSSR count). The zero-order valence-corrected chi connectivity index (χ0v) is 11.5. The van der Waals surface area contributed by atoms with Crippen LogP contribution in [0.15, 0.2) is 0 Å². The summed E-state index contributed by atoms with van der Waals surface area (Å²) >= 11 is 0. The van der Waals surface area contributed by atoms with Crippen LogP contribution >= 0.6 is 0 Å². The fourth-order valence-electron chi connectivity index (χ4n) is 1.04. The molecule has 2 N–H and O–H groups in total. The van der Waals surface area contributed by atoms with Crippen molar-refractivity contribution in [1.82, 2.24) is 5.32 Å². The molecule has 0 aliphatic carbocycles. The number of carbonyl (C=O) groups is 2. The van der Waals surface area contributed by atoms with Crippen LogP contribution in [0.1, 0.15) is 34.1 Å². The number of hydrogen-bond acceptors (Lipinski definition) is 3. The third kappa shape index (κ3) is 5.81. The maximum Gasteiger partial charge on any atom is 0.307 e. The van der Waals surface area contributed by atoms with Crippen molar-refractivity contribution in [3.8, 4) is 0 Å². The summed E-state index contributed by atoms with van der Waals surface area (Å²) in [5, 5.41) is 10.8. The van der Waals surface area contributed by atoms with Gasteiger partial charge in [-0.2, -0.15) is 0 Å². The normalized spacial score (nSPS) is 17.9. The Balaban J connectivity index is 4.30. The van der Waals surface area contributed by atoms with E-state index >= 15 is 0 Å². The highest BCUT2D eigenvalue weighted by Gasteiger charge is 2.24. The number of carboxylic acids is 1. The quantitative estimate of drug-likeness (QED) is 0.710. The van der Waals surface area contributed by atoms with Gasteiger partial charge in [0.15, 0.2) is 0 Å². The summed E-state index contributed by atoms with van der Waals surface area (Å²) < 4.78 is 11.8. The monoisotopic (exact) mass is 263 g/mol. The standard InChI is InChI=1S/C11H21NO4S/c1-5-8(3)12-10(13)9(4)17(16)6-7(2)11(14)15/h7-9H,5-6H2,1-4H3,(H,12,13)(H,14,15). The van der Waals surface area contributed by atoms with Crippen molar-refractivity contribution in [3.63, 3.8) is 0 Å². The molecule has 0 aromatic carbocycles. The second kappa shape index (κ2) is 7.42.